The number of hydrogen-bond donors (Lipinski definition) is 1. The minimum atomic E-state index is 0.325. The van der Waals surface area contributed by atoms with Gasteiger partial charge in [0.1, 0.15) is 0 Å². The Balaban J connectivity index is 1.69. The Morgan fingerprint density at radius 2 is 1.85 bits per heavy atom. The van der Waals surface area contributed by atoms with Gasteiger partial charge in [0.25, 0.3) is 0 Å². The number of piperazine rings is 1. The summed E-state index contributed by atoms with van der Waals surface area (Å²) in [5, 5.41) is 3.42. The zero-order valence-corrected chi connectivity index (χ0v) is 12.7. The van der Waals surface area contributed by atoms with Crippen LogP contribution in [0.5, 0.6) is 0 Å². The lowest BCUT2D eigenvalue weighted by Gasteiger charge is -2.33. The molecule has 2 fully saturated rings. The second kappa shape index (κ2) is 5.84. The van der Waals surface area contributed by atoms with Crippen LogP contribution in [0, 0.1) is 0 Å². The molecule has 0 spiro atoms. The summed E-state index contributed by atoms with van der Waals surface area (Å²) in [5.74, 6) is 0. The quantitative estimate of drug-likeness (QED) is 0.892. The van der Waals surface area contributed by atoms with Crippen molar-refractivity contribution in [2.24, 2.45) is 0 Å². The van der Waals surface area contributed by atoms with Gasteiger partial charge in [-0.1, -0.05) is 24.3 Å². The first kappa shape index (κ1) is 14.1. The van der Waals surface area contributed by atoms with Crippen LogP contribution in [0.15, 0.2) is 24.3 Å². The van der Waals surface area contributed by atoms with E-state index in [2.05, 4.69) is 41.4 Å². The molecular weight excluding hydrogens is 248 g/mol. The van der Waals surface area contributed by atoms with Crippen molar-refractivity contribution >= 4 is 0 Å². The van der Waals surface area contributed by atoms with Crippen molar-refractivity contribution in [2.45, 2.75) is 31.2 Å². The van der Waals surface area contributed by atoms with Crippen LogP contribution in [-0.4, -0.2) is 44.8 Å². The average molecular weight is 274 g/mol. The summed E-state index contributed by atoms with van der Waals surface area (Å²) in [6, 6.07) is 9.79. The molecule has 110 valence electrons. The van der Waals surface area contributed by atoms with Gasteiger partial charge in [-0.25, -0.2) is 0 Å². The minimum Gasteiger partial charge on any atom is -0.384 e. The molecule has 0 radical (unpaired) electrons. The van der Waals surface area contributed by atoms with Crippen molar-refractivity contribution in [2.75, 3.05) is 39.9 Å². The molecule has 1 N–H and O–H groups in total. The summed E-state index contributed by atoms with van der Waals surface area (Å²) in [6.45, 7) is 7.70. The van der Waals surface area contributed by atoms with E-state index in [1.54, 1.807) is 7.11 Å². The zero-order valence-electron chi connectivity index (χ0n) is 12.7. The van der Waals surface area contributed by atoms with Crippen molar-refractivity contribution in [3.05, 3.63) is 35.4 Å². The van der Waals surface area contributed by atoms with Crippen LogP contribution in [0.1, 0.15) is 36.9 Å². The van der Waals surface area contributed by atoms with Gasteiger partial charge in [0.2, 0.25) is 0 Å². The van der Waals surface area contributed by atoms with Crippen molar-refractivity contribution in [1.82, 2.24) is 10.2 Å². The Bertz CT molecular complexity index is 433. The molecule has 1 saturated carbocycles. The normalized spacial score (nSPS) is 23.5. The van der Waals surface area contributed by atoms with Crippen LogP contribution in [0.2, 0.25) is 0 Å². The monoisotopic (exact) mass is 274 g/mol. The number of rotatable bonds is 5. The van der Waals surface area contributed by atoms with E-state index in [1.165, 1.54) is 24.0 Å². The van der Waals surface area contributed by atoms with E-state index in [4.69, 9.17) is 4.74 Å². The highest BCUT2D eigenvalue weighted by Gasteiger charge is 2.44. The standard InChI is InChI=1S/C17H26N2O/c1-14(19-11-9-18-10-12-19)15-3-5-16(6-4-15)17(7-8-17)13-20-2/h3-6,14,18H,7-13H2,1-2H3. The molecule has 3 nitrogen and oxygen atoms in total. The number of ether oxygens (including phenoxy) is 1. The molecule has 3 rings (SSSR count). The Hall–Kier alpha value is -0.900. The Kier molecular flexibility index (Phi) is 4.11. The molecule has 3 heteroatoms. The first-order chi connectivity index (χ1) is 9.75. The fourth-order valence-corrected chi connectivity index (χ4v) is 3.34. The Morgan fingerprint density at radius 3 is 2.40 bits per heavy atom. The van der Waals surface area contributed by atoms with Crippen LogP contribution >= 0.6 is 0 Å². The summed E-state index contributed by atoms with van der Waals surface area (Å²) < 4.78 is 5.38. The number of nitrogens with one attached hydrogen (secondary N) is 1. The SMILES string of the molecule is COCC1(c2ccc(C(C)N3CCNCC3)cc2)CC1. The maximum absolute atomic E-state index is 5.38. The smallest absolute Gasteiger partial charge is 0.0559 e. The lowest BCUT2D eigenvalue weighted by atomic mass is 9.94. The maximum atomic E-state index is 5.38. The van der Waals surface area contributed by atoms with Gasteiger partial charge in [0.05, 0.1) is 6.61 Å². The van der Waals surface area contributed by atoms with Crippen LogP contribution in [0.4, 0.5) is 0 Å². The van der Waals surface area contributed by atoms with Gasteiger partial charge in [-0.05, 0) is 30.9 Å². The number of nitrogens with zero attached hydrogens (tertiary/aromatic N) is 1. The number of hydrogen-bond acceptors (Lipinski definition) is 3. The Labute approximate surface area is 122 Å². The average Bonchev–Trinajstić information content (AvgIpc) is 3.29. The minimum absolute atomic E-state index is 0.325. The van der Waals surface area contributed by atoms with Gasteiger partial charge in [-0.3, -0.25) is 4.90 Å². The number of benzene rings is 1. The van der Waals surface area contributed by atoms with Gasteiger partial charge < -0.3 is 10.1 Å². The van der Waals surface area contributed by atoms with Crippen molar-refractivity contribution in [3.8, 4) is 0 Å². The molecule has 1 unspecified atom stereocenters. The molecule has 1 aromatic carbocycles. The Morgan fingerprint density at radius 1 is 1.20 bits per heavy atom. The van der Waals surface area contributed by atoms with E-state index in [-0.39, 0.29) is 0 Å². The highest BCUT2D eigenvalue weighted by atomic mass is 16.5. The molecular formula is C17H26N2O. The van der Waals surface area contributed by atoms with Gasteiger partial charge in [-0.2, -0.15) is 0 Å². The second-order valence-electron chi connectivity index (χ2n) is 6.30. The fraction of sp³-hybridized carbons (Fsp3) is 0.647. The summed E-state index contributed by atoms with van der Waals surface area (Å²) in [6.07, 6.45) is 2.54. The van der Waals surface area contributed by atoms with E-state index in [1.807, 2.05) is 0 Å². The third-order valence-electron chi connectivity index (χ3n) is 4.98. The predicted molar refractivity (Wildman–Crippen MR) is 82.1 cm³/mol. The first-order valence-corrected chi connectivity index (χ1v) is 7.79. The molecule has 1 aliphatic heterocycles. The molecule has 1 atom stereocenters. The summed E-state index contributed by atoms with van der Waals surface area (Å²) in [7, 11) is 1.81. The van der Waals surface area contributed by atoms with Crippen molar-refractivity contribution in [3.63, 3.8) is 0 Å². The van der Waals surface area contributed by atoms with Crippen molar-refractivity contribution in [1.29, 1.82) is 0 Å². The molecule has 1 heterocycles. The van der Waals surface area contributed by atoms with Gasteiger partial charge in [-0.15, -0.1) is 0 Å². The van der Waals surface area contributed by atoms with Crippen molar-refractivity contribution < 1.29 is 4.74 Å². The largest absolute Gasteiger partial charge is 0.384 e. The lowest BCUT2D eigenvalue weighted by Crippen LogP contribution is -2.44. The predicted octanol–water partition coefficient (Wildman–Crippen LogP) is 2.33. The number of methoxy groups -OCH3 is 1. The first-order valence-electron chi connectivity index (χ1n) is 7.79. The third kappa shape index (κ3) is 2.76. The lowest BCUT2D eigenvalue weighted by molar-refractivity contribution is 0.171. The molecule has 1 aliphatic carbocycles. The van der Waals surface area contributed by atoms with E-state index in [0.29, 0.717) is 11.5 Å². The van der Waals surface area contributed by atoms with E-state index in [9.17, 15) is 0 Å². The van der Waals surface area contributed by atoms with Crippen LogP contribution in [-0.2, 0) is 10.2 Å². The van der Waals surface area contributed by atoms with E-state index < -0.39 is 0 Å². The molecule has 0 amide bonds. The summed E-state index contributed by atoms with van der Waals surface area (Å²) >= 11 is 0. The second-order valence-corrected chi connectivity index (χ2v) is 6.30. The topological polar surface area (TPSA) is 24.5 Å². The van der Waals surface area contributed by atoms with Crippen LogP contribution in [0.3, 0.4) is 0 Å². The summed E-state index contributed by atoms with van der Waals surface area (Å²) in [4.78, 5) is 2.56. The molecule has 0 bridgehead atoms. The van der Waals surface area contributed by atoms with Crippen LogP contribution < -0.4 is 5.32 Å². The summed E-state index contributed by atoms with van der Waals surface area (Å²) in [5.41, 5.74) is 3.21. The van der Waals surface area contributed by atoms with E-state index >= 15 is 0 Å². The maximum Gasteiger partial charge on any atom is 0.0559 e. The fourth-order valence-electron chi connectivity index (χ4n) is 3.34. The molecule has 2 aliphatic rings. The molecule has 1 aromatic rings. The third-order valence-corrected chi connectivity index (χ3v) is 4.98. The van der Waals surface area contributed by atoms with Crippen LogP contribution in [0.25, 0.3) is 0 Å². The highest BCUT2D eigenvalue weighted by Crippen LogP contribution is 2.48. The molecule has 1 saturated heterocycles. The zero-order chi connectivity index (χ0) is 14.0. The van der Waals surface area contributed by atoms with Gasteiger partial charge >= 0.3 is 0 Å². The molecule has 20 heavy (non-hydrogen) atoms. The highest BCUT2D eigenvalue weighted by molar-refractivity contribution is 5.34. The van der Waals surface area contributed by atoms with E-state index in [0.717, 1.165) is 32.8 Å². The molecule has 0 aromatic heterocycles. The van der Waals surface area contributed by atoms with Gasteiger partial charge in [0, 0.05) is 44.7 Å². The van der Waals surface area contributed by atoms with Gasteiger partial charge in [0.15, 0.2) is 0 Å².